The zero-order chi connectivity index (χ0) is 21.8. The molecule has 0 saturated carbocycles. The Bertz CT molecular complexity index is 1030. The van der Waals surface area contributed by atoms with Crippen LogP contribution in [0.2, 0.25) is 5.02 Å². The van der Waals surface area contributed by atoms with Gasteiger partial charge in [-0.3, -0.25) is 9.69 Å². The maximum absolute atomic E-state index is 12.7. The fraction of sp³-hybridized carbons (Fsp3) is 0.269. The van der Waals surface area contributed by atoms with Gasteiger partial charge in [-0.15, -0.1) is 0 Å². The average molecular weight is 434 g/mol. The molecule has 0 aliphatic carbocycles. The third kappa shape index (κ3) is 5.09. The number of anilines is 1. The highest BCUT2D eigenvalue weighted by atomic mass is 35.5. The molecule has 1 heterocycles. The normalized spacial score (nSPS) is 14.5. The van der Waals surface area contributed by atoms with Crippen molar-refractivity contribution < 1.29 is 4.79 Å². The zero-order valence-corrected chi connectivity index (χ0v) is 18.8. The summed E-state index contributed by atoms with van der Waals surface area (Å²) in [6.07, 6.45) is 1.02. The van der Waals surface area contributed by atoms with Crippen molar-refractivity contribution in [2.45, 2.75) is 19.0 Å². The van der Waals surface area contributed by atoms with Crippen molar-refractivity contribution in [1.29, 1.82) is 0 Å². The van der Waals surface area contributed by atoms with E-state index in [-0.39, 0.29) is 11.9 Å². The van der Waals surface area contributed by atoms with Gasteiger partial charge in [-0.2, -0.15) is 0 Å². The van der Waals surface area contributed by atoms with Crippen molar-refractivity contribution >= 4 is 23.2 Å². The molecular formula is C26H28ClN3O. The van der Waals surface area contributed by atoms with Gasteiger partial charge in [-0.05, 0) is 59.5 Å². The van der Waals surface area contributed by atoms with E-state index >= 15 is 0 Å². The molecule has 0 radical (unpaired) electrons. The van der Waals surface area contributed by atoms with E-state index in [4.69, 9.17) is 11.6 Å². The number of benzene rings is 3. The lowest BCUT2D eigenvalue weighted by Crippen LogP contribution is -2.40. The van der Waals surface area contributed by atoms with Crippen molar-refractivity contribution in [3.63, 3.8) is 0 Å². The number of nitrogens with zero attached hydrogens (tertiary/aromatic N) is 2. The first-order chi connectivity index (χ1) is 15.0. The minimum absolute atomic E-state index is 0.0796. The number of halogens is 1. The van der Waals surface area contributed by atoms with Gasteiger partial charge in [-0.1, -0.05) is 48.0 Å². The minimum Gasteiger partial charge on any atom is -0.378 e. The van der Waals surface area contributed by atoms with Gasteiger partial charge in [0.15, 0.2) is 0 Å². The van der Waals surface area contributed by atoms with Gasteiger partial charge in [-0.25, -0.2) is 0 Å². The third-order valence-corrected chi connectivity index (χ3v) is 6.21. The van der Waals surface area contributed by atoms with Gasteiger partial charge in [0.05, 0.1) is 6.04 Å². The Kier molecular flexibility index (Phi) is 6.59. The maximum Gasteiger partial charge on any atom is 0.251 e. The molecular weight excluding hydrogens is 406 g/mol. The molecule has 1 amide bonds. The van der Waals surface area contributed by atoms with E-state index in [2.05, 4.69) is 63.6 Å². The van der Waals surface area contributed by atoms with Gasteiger partial charge in [0.1, 0.15) is 0 Å². The first kappa shape index (κ1) is 21.4. The van der Waals surface area contributed by atoms with Crippen molar-refractivity contribution in [2.75, 3.05) is 32.1 Å². The lowest BCUT2D eigenvalue weighted by atomic mass is 9.96. The van der Waals surface area contributed by atoms with Gasteiger partial charge in [0.2, 0.25) is 0 Å². The van der Waals surface area contributed by atoms with Crippen molar-refractivity contribution in [2.24, 2.45) is 0 Å². The SMILES string of the molecule is CN(C)c1ccc(C(CNC(=O)c2ccc(Cl)cc2)N2CCc3ccccc3C2)cc1. The molecule has 0 bridgehead atoms. The van der Waals surface area contributed by atoms with E-state index in [0.29, 0.717) is 17.1 Å². The summed E-state index contributed by atoms with van der Waals surface area (Å²) in [7, 11) is 4.08. The number of hydrogen-bond acceptors (Lipinski definition) is 3. The summed E-state index contributed by atoms with van der Waals surface area (Å²) in [4.78, 5) is 17.3. The van der Waals surface area contributed by atoms with Crippen LogP contribution in [0.4, 0.5) is 5.69 Å². The van der Waals surface area contributed by atoms with Crippen LogP contribution in [0, 0.1) is 0 Å². The molecule has 3 aromatic carbocycles. The van der Waals surface area contributed by atoms with Crippen LogP contribution in [0.25, 0.3) is 0 Å². The molecule has 3 aromatic rings. The van der Waals surface area contributed by atoms with Crippen LogP contribution in [0.1, 0.15) is 33.1 Å². The number of nitrogens with one attached hydrogen (secondary N) is 1. The van der Waals surface area contributed by atoms with Crippen LogP contribution in [0.5, 0.6) is 0 Å². The first-order valence-corrected chi connectivity index (χ1v) is 11.0. The number of carbonyl (C=O) groups excluding carboxylic acids is 1. The Labute approximate surface area is 189 Å². The van der Waals surface area contributed by atoms with E-state index in [1.165, 1.54) is 16.7 Å². The Morgan fingerprint density at radius 2 is 1.68 bits per heavy atom. The summed E-state index contributed by atoms with van der Waals surface area (Å²) in [6.45, 7) is 2.39. The summed E-state index contributed by atoms with van der Waals surface area (Å²) < 4.78 is 0. The van der Waals surface area contributed by atoms with Crippen molar-refractivity contribution in [3.05, 3.63) is 100 Å². The number of rotatable bonds is 6. The molecule has 4 nitrogen and oxygen atoms in total. The molecule has 4 rings (SSSR count). The fourth-order valence-electron chi connectivity index (χ4n) is 4.13. The lowest BCUT2D eigenvalue weighted by molar-refractivity contribution is 0.0928. The van der Waals surface area contributed by atoms with Gasteiger partial charge in [0.25, 0.3) is 5.91 Å². The highest BCUT2D eigenvalue weighted by Crippen LogP contribution is 2.29. The molecule has 0 fully saturated rings. The van der Waals surface area contributed by atoms with Gasteiger partial charge in [0, 0.05) is 50.0 Å². The molecule has 5 heteroatoms. The smallest absolute Gasteiger partial charge is 0.251 e. The molecule has 1 N–H and O–H groups in total. The zero-order valence-electron chi connectivity index (χ0n) is 18.0. The van der Waals surface area contributed by atoms with Crippen molar-refractivity contribution in [3.8, 4) is 0 Å². The number of amides is 1. The predicted octanol–water partition coefficient (Wildman–Crippen LogP) is 4.94. The van der Waals surface area contributed by atoms with E-state index < -0.39 is 0 Å². The van der Waals surface area contributed by atoms with E-state index in [1.807, 2.05) is 14.1 Å². The lowest BCUT2D eigenvalue weighted by Gasteiger charge is -2.36. The molecule has 1 aliphatic rings. The molecule has 1 aliphatic heterocycles. The Hall–Kier alpha value is -2.82. The summed E-state index contributed by atoms with van der Waals surface area (Å²) >= 11 is 5.96. The second-order valence-corrected chi connectivity index (χ2v) is 8.64. The highest BCUT2D eigenvalue weighted by Gasteiger charge is 2.25. The van der Waals surface area contributed by atoms with Crippen LogP contribution in [-0.2, 0) is 13.0 Å². The van der Waals surface area contributed by atoms with E-state index in [0.717, 1.165) is 25.2 Å². The molecule has 31 heavy (non-hydrogen) atoms. The van der Waals surface area contributed by atoms with Crippen LogP contribution >= 0.6 is 11.6 Å². The topological polar surface area (TPSA) is 35.6 Å². The quantitative estimate of drug-likeness (QED) is 0.598. The van der Waals surface area contributed by atoms with Crippen LogP contribution in [0.3, 0.4) is 0 Å². The second-order valence-electron chi connectivity index (χ2n) is 8.21. The standard InChI is InChI=1S/C26H28ClN3O/c1-29(2)24-13-9-20(10-14-24)25(17-28-26(31)21-7-11-23(27)12-8-21)30-16-15-19-5-3-4-6-22(19)18-30/h3-14,25H,15-18H2,1-2H3,(H,28,31). The molecule has 0 spiro atoms. The predicted molar refractivity (Wildman–Crippen MR) is 128 cm³/mol. The number of hydrogen-bond donors (Lipinski definition) is 1. The number of carbonyl (C=O) groups is 1. The molecule has 160 valence electrons. The fourth-order valence-corrected chi connectivity index (χ4v) is 4.25. The monoisotopic (exact) mass is 433 g/mol. The maximum atomic E-state index is 12.7. The average Bonchev–Trinajstić information content (AvgIpc) is 2.79. The summed E-state index contributed by atoms with van der Waals surface area (Å²) in [5.41, 5.74) is 5.78. The minimum atomic E-state index is -0.0796. The van der Waals surface area contributed by atoms with Gasteiger partial charge >= 0.3 is 0 Å². The second kappa shape index (κ2) is 9.54. The van der Waals surface area contributed by atoms with Crippen molar-refractivity contribution in [1.82, 2.24) is 10.2 Å². The highest BCUT2D eigenvalue weighted by molar-refractivity contribution is 6.30. The number of fused-ring (bicyclic) bond motifs is 1. The van der Waals surface area contributed by atoms with Crippen LogP contribution in [-0.4, -0.2) is 38.0 Å². The first-order valence-electron chi connectivity index (χ1n) is 10.6. The molecule has 0 saturated heterocycles. The Morgan fingerprint density at radius 3 is 2.35 bits per heavy atom. The summed E-state index contributed by atoms with van der Waals surface area (Å²) in [6, 6.07) is 24.4. The van der Waals surface area contributed by atoms with Crippen LogP contribution in [0.15, 0.2) is 72.8 Å². The van der Waals surface area contributed by atoms with E-state index in [9.17, 15) is 4.79 Å². The largest absolute Gasteiger partial charge is 0.378 e. The van der Waals surface area contributed by atoms with Gasteiger partial charge < -0.3 is 10.2 Å². The third-order valence-electron chi connectivity index (χ3n) is 5.96. The summed E-state index contributed by atoms with van der Waals surface area (Å²) in [5.74, 6) is -0.0796. The Balaban J connectivity index is 1.55. The molecule has 1 atom stereocenters. The van der Waals surface area contributed by atoms with Crippen LogP contribution < -0.4 is 10.2 Å². The van der Waals surface area contributed by atoms with E-state index in [1.54, 1.807) is 24.3 Å². The molecule has 1 unspecified atom stereocenters. The molecule has 0 aromatic heterocycles. The Morgan fingerprint density at radius 1 is 1.00 bits per heavy atom. The summed E-state index contributed by atoms with van der Waals surface area (Å²) in [5, 5.41) is 3.77.